The van der Waals surface area contributed by atoms with Gasteiger partial charge in [-0.15, -0.1) is 11.3 Å². The van der Waals surface area contributed by atoms with Gasteiger partial charge in [0.2, 0.25) is 0 Å². The highest BCUT2D eigenvalue weighted by Crippen LogP contribution is 2.31. The summed E-state index contributed by atoms with van der Waals surface area (Å²) in [6, 6.07) is 5.26. The van der Waals surface area contributed by atoms with Crippen molar-refractivity contribution in [1.29, 1.82) is 0 Å². The first-order valence-electron chi connectivity index (χ1n) is 7.71. The normalized spacial score (nSPS) is 15.6. The summed E-state index contributed by atoms with van der Waals surface area (Å²) in [4.78, 5) is 5.62. The molecule has 0 unspecified atom stereocenters. The summed E-state index contributed by atoms with van der Waals surface area (Å²) < 4.78 is 0. The van der Waals surface area contributed by atoms with E-state index in [1.54, 1.807) is 0 Å². The molecule has 0 aliphatic heterocycles. The number of hydrogen-bond acceptors (Lipinski definition) is 3. The van der Waals surface area contributed by atoms with Crippen molar-refractivity contribution in [2.45, 2.75) is 59.2 Å². The first-order chi connectivity index (χ1) is 9.19. The van der Waals surface area contributed by atoms with Gasteiger partial charge in [0.25, 0.3) is 0 Å². The van der Waals surface area contributed by atoms with Crippen molar-refractivity contribution >= 4 is 11.3 Å². The molecule has 1 aromatic heterocycles. The summed E-state index contributed by atoms with van der Waals surface area (Å²) >= 11 is 1.97. The van der Waals surface area contributed by atoms with Crippen LogP contribution >= 0.6 is 11.3 Å². The fourth-order valence-corrected chi connectivity index (χ4v) is 3.29. The molecule has 1 aliphatic carbocycles. The highest BCUT2D eigenvalue weighted by molar-refractivity contribution is 7.11. The SMILES string of the molecule is CCCNCc1ccc(CN(CC2CC2)C(C)C)s1. The van der Waals surface area contributed by atoms with E-state index in [1.807, 2.05) is 11.3 Å². The highest BCUT2D eigenvalue weighted by atomic mass is 32.1. The maximum absolute atomic E-state index is 3.48. The molecule has 0 bridgehead atoms. The summed E-state index contributed by atoms with van der Waals surface area (Å²) in [5, 5.41) is 3.48. The van der Waals surface area contributed by atoms with Gasteiger partial charge in [-0.1, -0.05) is 6.92 Å². The molecule has 0 aromatic carbocycles. The molecule has 0 radical (unpaired) electrons. The smallest absolute Gasteiger partial charge is 0.0330 e. The van der Waals surface area contributed by atoms with E-state index < -0.39 is 0 Å². The fraction of sp³-hybridized carbons (Fsp3) is 0.750. The lowest BCUT2D eigenvalue weighted by atomic mass is 10.2. The summed E-state index contributed by atoms with van der Waals surface area (Å²) in [6.07, 6.45) is 4.10. The van der Waals surface area contributed by atoms with Crippen LogP contribution in [-0.4, -0.2) is 24.0 Å². The molecule has 0 amide bonds. The second-order valence-electron chi connectivity index (χ2n) is 6.01. The molecule has 3 heteroatoms. The molecule has 1 saturated carbocycles. The standard InChI is InChI=1S/C16H28N2S/c1-4-9-17-10-15-7-8-16(19-15)12-18(13(2)3)11-14-5-6-14/h7-8,13-14,17H,4-6,9-12H2,1-3H3. The molecule has 1 aromatic rings. The molecular formula is C16H28N2S. The van der Waals surface area contributed by atoms with Crippen molar-refractivity contribution < 1.29 is 0 Å². The van der Waals surface area contributed by atoms with E-state index in [0.717, 1.165) is 25.6 Å². The van der Waals surface area contributed by atoms with Crippen LogP contribution in [0.1, 0.15) is 49.8 Å². The third kappa shape index (κ3) is 5.25. The second kappa shape index (κ2) is 7.41. The van der Waals surface area contributed by atoms with E-state index in [9.17, 15) is 0 Å². The van der Waals surface area contributed by atoms with E-state index in [-0.39, 0.29) is 0 Å². The van der Waals surface area contributed by atoms with Gasteiger partial charge in [-0.2, -0.15) is 0 Å². The number of thiophene rings is 1. The third-order valence-corrected chi connectivity index (χ3v) is 4.79. The van der Waals surface area contributed by atoms with Crippen LogP contribution in [0, 0.1) is 5.92 Å². The van der Waals surface area contributed by atoms with E-state index in [1.165, 1.54) is 35.6 Å². The maximum atomic E-state index is 3.48. The van der Waals surface area contributed by atoms with Crippen molar-refractivity contribution in [2.24, 2.45) is 5.92 Å². The predicted molar refractivity (Wildman–Crippen MR) is 84.6 cm³/mol. The largest absolute Gasteiger partial charge is 0.312 e. The lowest BCUT2D eigenvalue weighted by Gasteiger charge is -2.25. The Labute approximate surface area is 122 Å². The van der Waals surface area contributed by atoms with Crippen molar-refractivity contribution in [1.82, 2.24) is 10.2 Å². The van der Waals surface area contributed by atoms with Crippen LogP contribution in [0.2, 0.25) is 0 Å². The zero-order valence-electron chi connectivity index (χ0n) is 12.6. The number of nitrogens with zero attached hydrogens (tertiary/aromatic N) is 1. The summed E-state index contributed by atoms with van der Waals surface area (Å²) in [6.45, 7) is 11.4. The Bertz CT molecular complexity index is 369. The van der Waals surface area contributed by atoms with Gasteiger partial charge < -0.3 is 5.32 Å². The topological polar surface area (TPSA) is 15.3 Å². The van der Waals surface area contributed by atoms with Crippen molar-refractivity contribution in [2.75, 3.05) is 13.1 Å². The Morgan fingerprint density at radius 1 is 1.32 bits per heavy atom. The van der Waals surface area contributed by atoms with Crippen LogP contribution in [0.4, 0.5) is 0 Å². The lowest BCUT2D eigenvalue weighted by molar-refractivity contribution is 0.205. The van der Waals surface area contributed by atoms with Crippen molar-refractivity contribution in [3.63, 3.8) is 0 Å². The minimum Gasteiger partial charge on any atom is -0.312 e. The third-order valence-electron chi connectivity index (χ3n) is 3.72. The molecule has 2 rings (SSSR count). The van der Waals surface area contributed by atoms with Crippen LogP contribution in [0.15, 0.2) is 12.1 Å². The molecule has 1 fully saturated rings. The lowest BCUT2D eigenvalue weighted by Crippen LogP contribution is -2.31. The van der Waals surface area contributed by atoms with Crippen molar-refractivity contribution in [3.8, 4) is 0 Å². The van der Waals surface area contributed by atoms with Gasteiger partial charge >= 0.3 is 0 Å². The second-order valence-corrected chi connectivity index (χ2v) is 7.26. The minimum atomic E-state index is 0.657. The van der Waals surface area contributed by atoms with E-state index in [4.69, 9.17) is 0 Å². The molecule has 19 heavy (non-hydrogen) atoms. The number of nitrogens with one attached hydrogen (secondary N) is 1. The number of rotatable bonds is 9. The quantitative estimate of drug-likeness (QED) is 0.691. The Morgan fingerprint density at radius 3 is 2.68 bits per heavy atom. The summed E-state index contributed by atoms with van der Waals surface area (Å²) in [7, 11) is 0. The first kappa shape index (κ1) is 15.0. The van der Waals surface area contributed by atoms with Gasteiger partial charge in [0.1, 0.15) is 0 Å². The van der Waals surface area contributed by atoms with Crippen LogP contribution in [0.5, 0.6) is 0 Å². The molecule has 108 valence electrons. The van der Waals surface area contributed by atoms with Gasteiger partial charge in [-0.3, -0.25) is 4.90 Å². The van der Waals surface area contributed by atoms with Gasteiger partial charge in [0, 0.05) is 35.4 Å². The van der Waals surface area contributed by atoms with Crippen LogP contribution in [0.3, 0.4) is 0 Å². The van der Waals surface area contributed by atoms with E-state index in [2.05, 4.69) is 43.1 Å². The first-order valence-corrected chi connectivity index (χ1v) is 8.53. The molecule has 1 N–H and O–H groups in total. The number of hydrogen-bond donors (Lipinski definition) is 1. The van der Waals surface area contributed by atoms with Crippen molar-refractivity contribution in [3.05, 3.63) is 21.9 Å². The Morgan fingerprint density at radius 2 is 2.05 bits per heavy atom. The average Bonchev–Trinajstić information content (AvgIpc) is 3.08. The van der Waals surface area contributed by atoms with Crippen LogP contribution in [0.25, 0.3) is 0 Å². The zero-order chi connectivity index (χ0) is 13.7. The van der Waals surface area contributed by atoms with E-state index in [0.29, 0.717) is 6.04 Å². The summed E-state index contributed by atoms with van der Waals surface area (Å²) in [5.74, 6) is 0.980. The van der Waals surface area contributed by atoms with Gasteiger partial charge in [-0.05, 0) is 57.7 Å². The molecule has 1 aliphatic rings. The molecule has 1 heterocycles. The minimum absolute atomic E-state index is 0.657. The van der Waals surface area contributed by atoms with Crippen LogP contribution in [-0.2, 0) is 13.1 Å². The fourth-order valence-electron chi connectivity index (χ4n) is 2.28. The van der Waals surface area contributed by atoms with E-state index >= 15 is 0 Å². The maximum Gasteiger partial charge on any atom is 0.0330 e. The Balaban J connectivity index is 1.82. The summed E-state index contributed by atoms with van der Waals surface area (Å²) in [5.41, 5.74) is 0. The van der Waals surface area contributed by atoms with Gasteiger partial charge in [0.05, 0.1) is 0 Å². The molecular weight excluding hydrogens is 252 g/mol. The monoisotopic (exact) mass is 280 g/mol. The van der Waals surface area contributed by atoms with Gasteiger partial charge in [-0.25, -0.2) is 0 Å². The predicted octanol–water partition coefficient (Wildman–Crippen LogP) is 3.87. The Hall–Kier alpha value is -0.380. The highest BCUT2D eigenvalue weighted by Gasteiger charge is 2.25. The van der Waals surface area contributed by atoms with Gasteiger partial charge in [0.15, 0.2) is 0 Å². The average molecular weight is 280 g/mol. The molecule has 0 spiro atoms. The molecule has 0 atom stereocenters. The zero-order valence-corrected chi connectivity index (χ0v) is 13.4. The molecule has 2 nitrogen and oxygen atoms in total. The Kier molecular flexibility index (Phi) is 5.86. The molecule has 0 saturated heterocycles. The van der Waals surface area contributed by atoms with Crippen LogP contribution < -0.4 is 5.32 Å².